The summed E-state index contributed by atoms with van der Waals surface area (Å²) in [6, 6.07) is 7.38. The van der Waals surface area contributed by atoms with Gasteiger partial charge < -0.3 is 20.1 Å². The van der Waals surface area contributed by atoms with E-state index >= 15 is 0 Å². The number of ether oxygens (including phenoxy) is 2. The number of nitrogens with zero attached hydrogens (tertiary/aromatic N) is 2. The number of benzene rings is 1. The van der Waals surface area contributed by atoms with Crippen molar-refractivity contribution in [3.8, 4) is 5.75 Å². The molecule has 6 nitrogen and oxygen atoms in total. The molecule has 1 unspecified atom stereocenters. The first-order valence-electron chi connectivity index (χ1n) is 7.96. The minimum Gasteiger partial charge on any atom is -0.495 e. The molecule has 2 heterocycles. The monoisotopic (exact) mass is 348 g/mol. The number of anilines is 3. The maximum absolute atomic E-state index is 6.16. The number of aryl methyl sites for hydroxylation is 1. The number of halogens is 1. The Labute approximate surface area is 146 Å². The second-order valence-electron chi connectivity index (χ2n) is 5.68. The lowest BCUT2D eigenvalue weighted by Crippen LogP contribution is -2.19. The highest BCUT2D eigenvalue weighted by atomic mass is 35.5. The Morgan fingerprint density at radius 1 is 1.29 bits per heavy atom. The summed E-state index contributed by atoms with van der Waals surface area (Å²) in [5.41, 5.74) is 0.837. The summed E-state index contributed by atoms with van der Waals surface area (Å²) >= 11 is 6.16. The van der Waals surface area contributed by atoms with E-state index in [4.69, 9.17) is 21.1 Å². The zero-order chi connectivity index (χ0) is 16.9. The Kier molecular flexibility index (Phi) is 5.37. The molecule has 1 fully saturated rings. The Balaban J connectivity index is 1.69. The van der Waals surface area contributed by atoms with Crippen LogP contribution in [-0.4, -0.2) is 36.3 Å². The average Bonchev–Trinajstić information content (AvgIpc) is 3.06. The lowest BCUT2D eigenvalue weighted by molar-refractivity contribution is 0.120. The van der Waals surface area contributed by atoms with Gasteiger partial charge in [-0.25, -0.2) is 9.97 Å². The molecule has 1 aromatic carbocycles. The third kappa shape index (κ3) is 4.27. The number of rotatable bonds is 6. The van der Waals surface area contributed by atoms with E-state index in [-0.39, 0.29) is 6.10 Å². The number of methoxy groups -OCH3 is 1. The van der Waals surface area contributed by atoms with Crippen LogP contribution in [0.15, 0.2) is 24.3 Å². The van der Waals surface area contributed by atoms with E-state index < -0.39 is 0 Å². The average molecular weight is 349 g/mol. The predicted molar refractivity (Wildman–Crippen MR) is 95.5 cm³/mol. The van der Waals surface area contributed by atoms with E-state index in [1.165, 1.54) is 0 Å². The lowest BCUT2D eigenvalue weighted by Gasteiger charge is -2.13. The molecule has 2 N–H and O–H groups in total. The van der Waals surface area contributed by atoms with Crippen LogP contribution in [0.2, 0.25) is 5.02 Å². The van der Waals surface area contributed by atoms with Gasteiger partial charge in [0.05, 0.1) is 18.2 Å². The summed E-state index contributed by atoms with van der Waals surface area (Å²) in [5.74, 6) is 2.81. The van der Waals surface area contributed by atoms with E-state index in [0.717, 1.165) is 37.5 Å². The maximum Gasteiger partial charge on any atom is 0.137 e. The first-order valence-corrected chi connectivity index (χ1v) is 8.33. The Hall–Kier alpha value is -2.05. The molecule has 0 bridgehead atoms. The minimum atomic E-state index is 0.261. The van der Waals surface area contributed by atoms with Crippen molar-refractivity contribution in [1.29, 1.82) is 0 Å². The third-order valence-corrected chi connectivity index (χ3v) is 4.09. The van der Waals surface area contributed by atoms with Crippen molar-refractivity contribution in [2.45, 2.75) is 25.9 Å². The summed E-state index contributed by atoms with van der Waals surface area (Å²) in [4.78, 5) is 8.83. The fourth-order valence-electron chi connectivity index (χ4n) is 2.64. The molecule has 0 spiro atoms. The van der Waals surface area contributed by atoms with Crippen molar-refractivity contribution in [2.75, 3.05) is 30.9 Å². The van der Waals surface area contributed by atoms with Crippen molar-refractivity contribution >= 4 is 28.9 Å². The first-order chi connectivity index (χ1) is 11.6. The SMILES string of the molecule is COc1ccc(Nc2cc(NCC3CCCO3)nc(C)n2)cc1Cl. The molecule has 0 aliphatic carbocycles. The molecule has 0 saturated carbocycles. The molecular formula is C17H21ClN4O2. The van der Waals surface area contributed by atoms with E-state index in [0.29, 0.717) is 22.4 Å². The number of hydrogen-bond acceptors (Lipinski definition) is 6. The summed E-state index contributed by atoms with van der Waals surface area (Å²) < 4.78 is 10.8. The largest absolute Gasteiger partial charge is 0.495 e. The van der Waals surface area contributed by atoms with Crippen molar-refractivity contribution in [3.05, 3.63) is 35.1 Å². The molecule has 3 rings (SSSR count). The van der Waals surface area contributed by atoms with E-state index in [2.05, 4.69) is 20.6 Å². The fraction of sp³-hybridized carbons (Fsp3) is 0.412. The van der Waals surface area contributed by atoms with Gasteiger partial charge in [0.2, 0.25) is 0 Å². The molecule has 1 saturated heterocycles. The Morgan fingerprint density at radius 2 is 2.12 bits per heavy atom. The Bertz CT molecular complexity index is 705. The predicted octanol–water partition coefficient (Wildman–Crippen LogP) is 3.78. The van der Waals surface area contributed by atoms with Gasteiger partial charge in [0.15, 0.2) is 0 Å². The van der Waals surface area contributed by atoms with Crippen LogP contribution in [-0.2, 0) is 4.74 Å². The van der Waals surface area contributed by atoms with Gasteiger partial charge in [0.25, 0.3) is 0 Å². The molecule has 0 radical (unpaired) electrons. The van der Waals surface area contributed by atoms with Crippen LogP contribution in [0.4, 0.5) is 17.3 Å². The third-order valence-electron chi connectivity index (χ3n) is 3.80. The Morgan fingerprint density at radius 3 is 2.83 bits per heavy atom. The highest BCUT2D eigenvalue weighted by Crippen LogP contribution is 2.28. The minimum absolute atomic E-state index is 0.261. The van der Waals surface area contributed by atoms with Gasteiger partial charge in [0.1, 0.15) is 23.2 Å². The highest BCUT2D eigenvalue weighted by Gasteiger charge is 2.15. The molecule has 24 heavy (non-hydrogen) atoms. The van der Waals surface area contributed by atoms with Gasteiger partial charge in [-0.05, 0) is 38.0 Å². The van der Waals surface area contributed by atoms with Gasteiger partial charge >= 0.3 is 0 Å². The van der Waals surface area contributed by atoms with Gasteiger partial charge in [-0.2, -0.15) is 0 Å². The molecule has 1 aromatic heterocycles. The van der Waals surface area contributed by atoms with Gasteiger partial charge in [0, 0.05) is 24.9 Å². The van der Waals surface area contributed by atoms with Crippen LogP contribution in [0, 0.1) is 6.92 Å². The van der Waals surface area contributed by atoms with Crippen LogP contribution < -0.4 is 15.4 Å². The number of nitrogens with one attached hydrogen (secondary N) is 2. The quantitative estimate of drug-likeness (QED) is 0.828. The zero-order valence-corrected chi connectivity index (χ0v) is 14.6. The molecule has 2 aromatic rings. The molecular weight excluding hydrogens is 328 g/mol. The normalized spacial score (nSPS) is 16.9. The van der Waals surface area contributed by atoms with Crippen LogP contribution in [0.1, 0.15) is 18.7 Å². The molecule has 7 heteroatoms. The standard InChI is InChI=1S/C17H21ClN4O2/c1-11-20-16(19-10-13-4-3-7-24-13)9-17(21-11)22-12-5-6-15(23-2)14(18)8-12/h5-6,8-9,13H,3-4,7,10H2,1-2H3,(H2,19,20,21,22). The van der Waals surface area contributed by atoms with E-state index in [9.17, 15) is 0 Å². The topological polar surface area (TPSA) is 68.3 Å². The summed E-state index contributed by atoms with van der Waals surface area (Å²) in [6.07, 6.45) is 2.48. The van der Waals surface area contributed by atoms with Gasteiger partial charge in [-0.1, -0.05) is 11.6 Å². The second kappa shape index (κ2) is 7.68. The molecule has 128 valence electrons. The first kappa shape index (κ1) is 16.8. The van der Waals surface area contributed by atoms with Crippen molar-refractivity contribution in [3.63, 3.8) is 0 Å². The van der Waals surface area contributed by atoms with Crippen LogP contribution >= 0.6 is 11.6 Å². The van der Waals surface area contributed by atoms with Crippen LogP contribution in [0.25, 0.3) is 0 Å². The van der Waals surface area contributed by atoms with Gasteiger partial charge in [-0.15, -0.1) is 0 Å². The summed E-state index contributed by atoms with van der Waals surface area (Å²) in [6.45, 7) is 3.47. The fourth-order valence-corrected chi connectivity index (χ4v) is 2.90. The van der Waals surface area contributed by atoms with Crippen molar-refractivity contribution in [2.24, 2.45) is 0 Å². The number of aromatic nitrogens is 2. The van der Waals surface area contributed by atoms with Gasteiger partial charge in [-0.3, -0.25) is 0 Å². The molecule has 0 amide bonds. The maximum atomic E-state index is 6.16. The molecule has 1 aliphatic heterocycles. The second-order valence-corrected chi connectivity index (χ2v) is 6.08. The van der Waals surface area contributed by atoms with E-state index in [1.807, 2.05) is 25.1 Å². The van der Waals surface area contributed by atoms with E-state index in [1.54, 1.807) is 13.2 Å². The van der Waals surface area contributed by atoms with Crippen LogP contribution in [0.3, 0.4) is 0 Å². The van der Waals surface area contributed by atoms with Crippen molar-refractivity contribution in [1.82, 2.24) is 9.97 Å². The molecule has 1 aliphatic rings. The summed E-state index contributed by atoms with van der Waals surface area (Å²) in [5, 5.41) is 7.11. The van der Waals surface area contributed by atoms with Crippen LogP contribution in [0.5, 0.6) is 5.75 Å². The molecule has 1 atom stereocenters. The zero-order valence-electron chi connectivity index (χ0n) is 13.8. The lowest BCUT2D eigenvalue weighted by atomic mass is 10.2. The smallest absolute Gasteiger partial charge is 0.137 e. The van der Waals surface area contributed by atoms with Crippen molar-refractivity contribution < 1.29 is 9.47 Å². The summed E-state index contributed by atoms with van der Waals surface area (Å²) in [7, 11) is 1.59. The number of hydrogen-bond donors (Lipinski definition) is 2. The highest BCUT2D eigenvalue weighted by molar-refractivity contribution is 6.32.